The monoisotopic (exact) mass is 491 g/mol. The number of benzene rings is 1. The van der Waals surface area contributed by atoms with Crippen LogP contribution in [0.5, 0.6) is 0 Å². The van der Waals surface area contributed by atoms with E-state index in [1.165, 1.54) is 6.07 Å². The fourth-order valence-corrected chi connectivity index (χ4v) is 3.56. The van der Waals surface area contributed by atoms with Gasteiger partial charge in [0.25, 0.3) is 0 Å². The first-order chi connectivity index (χ1) is 16.6. The maximum absolute atomic E-state index is 14.3. The average molecular weight is 491 g/mol. The van der Waals surface area contributed by atoms with Crippen molar-refractivity contribution >= 4 is 23.7 Å². The second-order valence-electron chi connectivity index (χ2n) is 8.43. The molecule has 8 nitrogen and oxygen atoms in total. The third kappa shape index (κ3) is 6.27. The van der Waals surface area contributed by atoms with Gasteiger partial charge in [-0.1, -0.05) is 12.1 Å². The number of nitrogens with zero attached hydrogens (tertiary/aromatic N) is 4. The van der Waals surface area contributed by atoms with Gasteiger partial charge in [0.1, 0.15) is 0 Å². The lowest BCUT2D eigenvalue weighted by molar-refractivity contribution is -0.137. The Balaban J connectivity index is 1.36. The molecule has 3 N–H and O–H groups in total. The number of dihydropyridines is 1. The van der Waals surface area contributed by atoms with Crippen LogP contribution in [0.3, 0.4) is 0 Å². The molecule has 2 aliphatic heterocycles. The topological polar surface area (TPSA) is 86.7 Å². The van der Waals surface area contributed by atoms with Crippen molar-refractivity contribution in [1.82, 2.24) is 15.3 Å². The Kier molecular flexibility index (Phi) is 6.92. The van der Waals surface area contributed by atoms with Gasteiger partial charge in [0, 0.05) is 25.0 Å². The number of aromatic nitrogens is 2. The molecule has 1 aromatic carbocycles. The molecule has 2 atom stereocenters. The summed E-state index contributed by atoms with van der Waals surface area (Å²) in [5.41, 5.74) is 2.19. The number of halogens is 4. The van der Waals surface area contributed by atoms with Crippen molar-refractivity contribution in [3.8, 4) is 0 Å². The van der Waals surface area contributed by atoms with Gasteiger partial charge in [-0.15, -0.1) is 0 Å². The largest absolute Gasteiger partial charge is 0.416 e. The highest BCUT2D eigenvalue weighted by Crippen LogP contribution is 2.31. The summed E-state index contributed by atoms with van der Waals surface area (Å²) >= 11 is 0. The molecule has 2 aromatic rings. The maximum Gasteiger partial charge on any atom is 0.416 e. The van der Waals surface area contributed by atoms with E-state index in [0.717, 1.165) is 18.3 Å². The Bertz CT molecular complexity index is 1150. The van der Waals surface area contributed by atoms with Crippen molar-refractivity contribution < 1.29 is 22.3 Å². The van der Waals surface area contributed by atoms with E-state index in [4.69, 9.17) is 4.74 Å². The van der Waals surface area contributed by atoms with E-state index in [0.29, 0.717) is 31.1 Å². The highest BCUT2D eigenvalue weighted by Gasteiger charge is 2.30. The highest BCUT2D eigenvalue weighted by atomic mass is 19.4. The minimum Gasteiger partial charge on any atom is -0.376 e. The normalized spacial score (nSPS) is 22.6. The van der Waals surface area contributed by atoms with Crippen molar-refractivity contribution in [1.29, 1.82) is 0 Å². The molecule has 0 spiro atoms. The van der Waals surface area contributed by atoms with Crippen LogP contribution in [-0.4, -0.2) is 47.5 Å². The number of rotatable bonds is 6. The van der Waals surface area contributed by atoms with Gasteiger partial charge >= 0.3 is 6.18 Å². The molecule has 12 heteroatoms. The summed E-state index contributed by atoms with van der Waals surface area (Å²) in [5.74, 6) is -0.200. The van der Waals surface area contributed by atoms with E-state index >= 15 is 0 Å². The predicted octanol–water partition coefficient (Wildman–Crippen LogP) is 4.13. The van der Waals surface area contributed by atoms with Crippen LogP contribution >= 0.6 is 0 Å². The van der Waals surface area contributed by atoms with Gasteiger partial charge in [-0.2, -0.15) is 23.3 Å². The number of allylic oxidation sites excluding steroid dienone is 1. The Morgan fingerprint density at radius 1 is 1.34 bits per heavy atom. The standard InChI is InChI=1S/C23H25F4N7O/c1-15-13-34(8-9-35-15)20-19(24)12-28-21(32-20)33-30-14-22(2)7-6-18(11-29-22)31-17-5-3-4-16(10-17)23(25,26)27/h3-7,10-12,14-15,29,31H,8-9,13H2,1-2H3,(H,28,32,33)/b30-14+. The molecule has 1 saturated heterocycles. The number of ether oxygens (including phenoxy) is 1. The Labute approximate surface area is 199 Å². The molecule has 1 aromatic heterocycles. The molecule has 3 heterocycles. The van der Waals surface area contributed by atoms with Crippen LogP contribution in [-0.2, 0) is 10.9 Å². The fraction of sp³-hybridized carbons (Fsp3) is 0.348. The van der Waals surface area contributed by atoms with Crippen LogP contribution in [0.1, 0.15) is 19.4 Å². The third-order valence-electron chi connectivity index (χ3n) is 5.39. The zero-order chi connectivity index (χ0) is 25.1. The van der Waals surface area contributed by atoms with Gasteiger partial charge in [0.15, 0.2) is 11.6 Å². The first-order valence-corrected chi connectivity index (χ1v) is 10.9. The average Bonchev–Trinajstić information content (AvgIpc) is 2.81. The van der Waals surface area contributed by atoms with E-state index in [1.807, 2.05) is 13.8 Å². The van der Waals surface area contributed by atoms with Crippen molar-refractivity contribution in [2.24, 2.45) is 5.10 Å². The molecule has 0 bridgehead atoms. The molecule has 2 unspecified atom stereocenters. The molecule has 186 valence electrons. The number of anilines is 3. The third-order valence-corrected chi connectivity index (χ3v) is 5.39. The van der Waals surface area contributed by atoms with E-state index in [9.17, 15) is 17.6 Å². The summed E-state index contributed by atoms with van der Waals surface area (Å²) in [6.45, 7) is 5.29. The lowest BCUT2D eigenvalue weighted by Gasteiger charge is -2.32. The predicted molar refractivity (Wildman–Crippen MR) is 126 cm³/mol. The number of hydrogen-bond acceptors (Lipinski definition) is 8. The molecule has 35 heavy (non-hydrogen) atoms. The lowest BCUT2D eigenvalue weighted by Crippen LogP contribution is -2.42. The first kappa shape index (κ1) is 24.5. The zero-order valence-electron chi connectivity index (χ0n) is 19.1. The molecule has 1 fully saturated rings. The van der Waals surface area contributed by atoms with Crippen LogP contribution in [0, 0.1) is 5.82 Å². The molecule has 2 aliphatic rings. The number of hydrazone groups is 1. The SMILES string of the molecule is CC1CN(c2nc(N/N=C/C3(C)C=CC(Nc4cccc(C(F)(F)F)c4)=CN3)ncc2F)CCO1. The molecular formula is C23H25F4N7O. The second kappa shape index (κ2) is 9.90. The summed E-state index contributed by atoms with van der Waals surface area (Å²) in [4.78, 5) is 9.97. The van der Waals surface area contributed by atoms with Gasteiger partial charge < -0.3 is 20.3 Å². The summed E-state index contributed by atoms with van der Waals surface area (Å²) in [5, 5.41) is 10.2. The molecule has 0 saturated carbocycles. The van der Waals surface area contributed by atoms with Crippen LogP contribution in [0.25, 0.3) is 0 Å². The number of morpholine rings is 1. The fourth-order valence-electron chi connectivity index (χ4n) is 3.56. The summed E-state index contributed by atoms with van der Waals surface area (Å²) in [6.07, 6.45) is 3.38. The molecule has 0 radical (unpaired) electrons. The Morgan fingerprint density at radius 2 is 2.17 bits per heavy atom. The minimum atomic E-state index is -4.41. The van der Waals surface area contributed by atoms with Gasteiger partial charge in [-0.25, -0.2) is 14.8 Å². The van der Waals surface area contributed by atoms with E-state index < -0.39 is 23.1 Å². The Hall–Kier alpha value is -3.67. The zero-order valence-corrected chi connectivity index (χ0v) is 19.1. The van der Waals surface area contributed by atoms with E-state index in [1.54, 1.807) is 35.5 Å². The van der Waals surface area contributed by atoms with Crippen molar-refractivity contribution in [3.05, 3.63) is 65.9 Å². The molecule has 0 aliphatic carbocycles. The van der Waals surface area contributed by atoms with Crippen LogP contribution < -0.4 is 21.0 Å². The number of nitrogens with one attached hydrogen (secondary N) is 3. The summed E-state index contributed by atoms with van der Waals surface area (Å²) in [7, 11) is 0. The highest BCUT2D eigenvalue weighted by molar-refractivity contribution is 5.75. The van der Waals surface area contributed by atoms with Crippen LogP contribution in [0.15, 0.2) is 59.6 Å². The van der Waals surface area contributed by atoms with Crippen molar-refractivity contribution in [3.63, 3.8) is 0 Å². The van der Waals surface area contributed by atoms with Crippen molar-refractivity contribution in [2.75, 3.05) is 35.3 Å². The van der Waals surface area contributed by atoms with Crippen LogP contribution in [0.2, 0.25) is 0 Å². The maximum atomic E-state index is 14.3. The van der Waals surface area contributed by atoms with Gasteiger partial charge in [0.2, 0.25) is 5.95 Å². The molecule has 4 rings (SSSR count). The lowest BCUT2D eigenvalue weighted by atomic mass is 10.0. The number of alkyl halides is 3. The van der Waals surface area contributed by atoms with Gasteiger partial charge in [0.05, 0.1) is 41.9 Å². The van der Waals surface area contributed by atoms with E-state index in [-0.39, 0.29) is 17.9 Å². The first-order valence-electron chi connectivity index (χ1n) is 10.9. The Morgan fingerprint density at radius 3 is 2.89 bits per heavy atom. The molecular weight excluding hydrogens is 466 g/mol. The molecule has 0 amide bonds. The second-order valence-corrected chi connectivity index (χ2v) is 8.43. The smallest absolute Gasteiger partial charge is 0.376 e. The van der Waals surface area contributed by atoms with Gasteiger partial charge in [-0.05, 0) is 38.1 Å². The van der Waals surface area contributed by atoms with E-state index in [2.05, 4.69) is 31.1 Å². The quantitative estimate of drug-likeness (QED) is 0.318. The van der Waals surface area contributed by atoms with Gasteiger partial charge in [-0.3, -0.25) is 0 Å². The van der Waals surface area contributed by atoms with Crippen molar-refractivity contribution in [2.45, 2.75) is 31.7 Å². The summed E-state index contributed by atoms with van der Waals surface area (Å²) < 4.78 is 58.5. The summed E-state index contributed by atoms with van der Waals surface area (Å²) in [6, 6.07) is 4.96. The van der Waals surface area contributed by atoms with Crippen LogP contribution in [0.4, 0.5) is 35.0 Å². The minimum absolute atomic E-state index is 0.0299. The number of hydrogen-bond donors (Lipinski definition) is 3.